The molecule has 1 aromatic rings. The largest absolute Gasteiger partial charge is 0.573 e. The van der Waals surface area contributed by atoms with Crippen LogP contribution in [0.25, 0.3) is 0 Å². The molecule has 0 unspecified atom stereocenters. The molecule has 0 aromatic carbocycles. The van der Waals surface area contributed by atoms with Crippen LogP contribution in [0.1, 0.15) is 11.1 Å². The Balaban J connectivity index is 3.35. The molecule has 0 bridgehead atoms. The Morgan fingerprint density at radius 2 is 2.18 bits per heavy atom. The fourth-order valence-corrected chi connectivity index (χ4v) is 1.41. The zero-order chi connectivity index (χ0) is 13.2. The van der Waals surface area contributed by atoms with Crippen molar-refractivity contribution in [3.63, 3.8) is 0 Å². The predicted molar refractivity (Wildman–Crippen MR) is 51.9 cm³/mol. The molecular formula is C8H6ClF3N2O3. The molecule has 0 aliphatic carbocycles. The van der Waals surface area contributed by atoms with Gasteiger partial charge in [0, 0.05) is 5.56 Å². The van der Waals surface area contributed by atoms with Crippen molar-refractivity contribution in [3.05, 3.63) is 27.4 Å². The molecule has 0 aliphatic heterocycles. The molecule has 17 heavy (non-hydrogen) atoms. The van der Waals surface area contributed by atoms with Gasteiger partial charge in [0.15, 0.2) is 0 Å². The lowest BCUT2D eigenvalue weighted by molar-refractivity contribution is -0.390. The van der Waals surface area contributed by atoms with Crippen LogP contribution < -0.4 is 4.74 Å². The van der Waals surface area contributed by atoms with E-state index in [9.17, 15) is 23.3 Å². The van der Waals surface area contributed by atoms with Gasteiger partial charge in [-0.15, -0.1) is 24.8 Å². The van der Waals surface area contributed by atoms with E-state index in [-0.39, 0.29) is 5.56 Å². The number of aromatic nitrogens is 1. The zero-order valence-corrected chi connectivity index (χ0v) is 9.17. The number of hydrogen-bond donors (Lipinski definition) is 0. The Labute approximate surface area is 98.3 Å². The Kier molecular flexibility index (Phi) is 3.76. The predicted octanol–water partition coefficient (Wildman–Crippen LogP) is 2.94. The molecule has 0 fully saturated rings. The maximum atomic E-state index is 12.1. The fourth-order valence-electron chi connectivity index (χ4n) is 1.17. The number of rotatable bonds is 3. The van der Waals surface area contributed by atoms with Crippen molar-refractivity contribution in [3.8, 4) is 5.75 Å². The second-order valence-corrected chi connectivity index (χ2v) is 3.28. The summed E-state index contributed by atoms with van der Waals surface area (Å²) < 4.78 is 40.1. The van der Waals surface area contributed by atoms with Crippen molar-refractivity contribution >= 4 is 17.4 Å². The van der Waals surface area contributed by atoms with Gasteiger partial charge in [-0.3, -0.25) is 0 Å². The van der Waals surface area contributed by atoms with E-state index in [0.29, 0.717) is 0 Å². The molecular weight excluding hydrogens is 265 g/mol. The summed E-state index contributed by atoms with van der Waals surface area (Å²) in [6, 6.07) is 0. The van der Waals surface area contributed by atoms with Gasteiger partial charge in [-0.1, -0.05) is 0 Å². The molecule has 94 valence electrons. The first kappa shape index (κ1) is 13.5. The molecule has 1 aromatic heterocycles. The number of alkyl halides is 4. The lowest BCUT2D eigenvalue weighted by Gasteiger charge is -2.13. The summed E-state index contributed by atoms with van der Waals surface area (Å²) in [6.07, 6.45) is -4.02. The number of aryl methyl sites for hydroxylation is 1. The minimum absolute atomic E-state index is 0.0172. The van der Waals surface area contributed by atoms with Crippen molar-refractivity contribution in [2.75, 3.05) is 0 Å². The highest BCUT2D eigenvalue weighted by atomic mass is 35.5. The van der Waals surface area contributed by atoms with Gasteiger partial charge in [0.25, 0.3) is 0 Å². The van der Waals surface area contributed by atoms with Crippen LogP contribution in [0.3, 0.4) is 0 Å². The summed E-state index contributed by atoms with van der Waals surface area (Å²) >= 11 is 5.39. The molecule has 1 heterocycles. The van der Waals surface area contributed by atoms with Crippen molar-refractivity contribution in [2.45, 2.75) is 19.2 Å². The van der Waals surface area contributed by atoms with Crippen LogP contribution in [0.4, 0.5) is 19.0 Å². The second kappa shape index (κ2) is 4.74. The highest BCUT2D eigenvalue weighted by Crippen LogP contribution is 2.34. The van der Waals surface area contributed by atoms with Gasteiger partial charge < -0.3 is 14.9 Å². The molecule has 0 spiro atoms. The van der Waals surface area contributed by atoms with E-state index in [4.69, 9.17) is 11.6 Å². The summed E-state index contributed by atoms with van der Waals surface area (Å²) in [4.78, 5) is 13.0. The molecule has 9 heteroatoms. The van der Waals surface area contributed by atoms with E-state index in [0.717, 1.165) is 6.20 Å². The Morgan fingerprint density at radius 1 is 1.59 bits per heavy atom. The zero-order valence-electron chi connectivity index (χ0n) is 8.42. The lowest BCUT2D eigenvalue weighted by Crippen LogP contribution is -2.19. The molecule has 0 atom stereocenters. The number of ether oxygens (including phenoxy) is 1. The highest BCUT2D eigenvalue weighted by Gasteiger charge is 2.35. The van der Waals surface area contributed by atoms with Gasteiger partial charge in [0.05, 0.1) is 5.88 Å². The van der Waals surface area contributed by atoms with Gasteiger partial charge in [-0.25, -0.2) is 0 Å². The molecule has 0 saturated heterocycles. The first-order valence-electron chi connectivity index (χ1n) is 4.21. The van der Waals surface area contributed by atoms with Crippen LogP contribution in [0.15, 0.2) is 6.20 Å². The number of pyridine rings is 1. The van der Waals surface area contributed by atoms with Gasteiger partial charge in [0.2, 0.25) is 0 Å². The first-order valence-corrected chi connectivity index (χ1v) is 4.74. The van der Waals surface area contributed by atoms with E-state index in [1.54, 1.807) is 0 Å². The molecule has 0 saturated carbocycles. The van der Waals surface area contributed by atoms with Gasteiger partial charge in [0.1, 0.15) is 17.5 Å². The van der Waals surface area contributed by atoms with Crippen LogP contribution in [0.2, 0.25) is 0 Å². The molecule has 0 radical (unpaired) electrons. The van der Waals surface area contributed by atoms with E-state index < -0.39 is 34.3 Å². The Bertz CT molecular complexity index is 450. The molecule has 1 rings (SSSR count). The van der Waals surface area contributed by atoms with E-state index in [1.807, 2.05) is 0 Å². The molecule has 0 amide bonds. The maximum absolute atomic E-state index is 12.1. The van der Waals surface area contributed by atoms with Gasteiger partial charge in [-0.05, 0) is 16.8 Å². The lowest BCUT2D eigenvalue weighted by atomic mass is 10.2. The van der Waals surface area contributed by atoms with Crippen LogP contribution in [0.5, 0.6) is 5.75 Å². The minimum atomic E-state index is -4.94. The maximum Gasteiger partial charge on any atom is 0.573 e. The Hall–Kier alpha value is -1.57. The average molecular weight is 271 g/mol. The van der Waals surface area contributed by atoms with Crippen molar-refractivity contribution in [1.29, 1.82) is 0 Å². The van der Waals surface area contributed by atoms with E-state index in [2.05, 4.69) is 9.72 Å². The van der Waals surface area contributed by atoms with Crippen molar-refractivity contribution in [1.82, 2.24) is 4.98 Å². The van der Waals surface area contributed by atoms with Crippen molar-refractivity contribution in [2.24, 2.45) is 0 Å². The summed E-state index contributed by atoms with van der Waals surface area (Å²) in [5, 5.41) is 10.6. The second-order valence-electron chi connectivity index (χ2n) is 3.01. The van der Waals surface area contributed by atoms with Crippen LogP contribution in [0, 0.1) is 17.0 Å². The van der Waals surface area contributed by atoms with E-state index >= 15 is 0 Å². The highest BCUT2D eigenvalue weighted by molar-refractivity contribution is 6.17. The average Bonchev–Trinajstić information content (AvgIpc) is 2.18. The smallest absolute Gasteiger partial charge is 0.405 e. The standard InChI is InChI=1S/C8H6ClF3N2O3/c1-4-3-13-7(14(15)16)5(2-9)6(4)17-8(10,11)12/h3H,2H2,1H3. The van der Waals surface area contributed by atoms with Crippen LogP contribution >= 0.6 is 11.6 Å². The number of halogens is 4. The monoisotopic (exact) mass is 270 g/mol. The first-order chi connectivity index (χ1) is 7.76. The van der Waals surface area contributed by atoms with Gasteiger partial charge >= 0.3 is 12.2 Å². The topological polar surface area (TPSA) is 65.3 Å². The van der Waals surface area contributed by atoms with Crippen LogP contribution in [-0.4, -0.2) is 16.3 Å². The van der Waals surface area contributed by atoms with Crippen molar-refractivity contribution < 1.29 is 22.8 Å². The van der Waals surface area contributed by atoms with Gasteiger partial charge in [-0.2, -0.15) is 0 Å². The Morgan fingerprint density at radius 3 is 2.59 bits per heavy atom. The number of hydrogen-bond acceptors (Lipinski definition) is 4. The number of nitrogens with zero attached hydrogens (tertiary/aromatic N) is 2. The molecule has 0 N–H and O–H groups in total. The summed E-state index contributed by atoms with van der Waals surface area (Å²) in [6.45, 7) is 1.29. The third-order valence-electron chi connectivity index (χ3n) is 1.81. The summed E-state index contributed by atoms with van der Waals surface area (Å²) in [5.41, 5.74) is -0.377. The van der Waals surface area contributed by atoms with Crippen LogP contribution in [-0.2, 0) is 5.88 Å². The molecule has 0 aliphatic rings. The number of nitro groups is 1. The summed E-state index contributed by atoms with van der Waals surface area (Å²) in [5.74, 6) is -1.92. The minimum Gasteiger partial charge on any atom is -0.405 e. The SMILES string of the molecule is Cc1cnc([N+](=O)[O-])c(CCl)c1OC(F)(F)F. The normalized spacial score (nSPS) is 11.4. The quantitative estimate of drug-likeness (QED) is 0.481. The van der Waals surface area contributed by atoms with E-state index in [1.165, 1.54) is 6.92 Å². The summed E-state index contributed by atoms with van der Waals surface area (Å²) in [7, 11) is 0. The third kappa shape index (κ3) is 3.19. The fraction of sp³-hybridized carbons (Fsp3) is 0.375. The third-order valence-corrected chi connectivity index (χ3v) is 2.07. The molecule has 5 nitrogen and oxygen atoms in total.